The summed E-state index contributed by atoms with van der Waals surface area (Å²) in [5.41, 5.74) is 16.7. The molecule has 6 N–H and O–H groups in total. The van der Waals surface area contributed by atoms with Gasteiger partial charge in [-0.1, -0.05) is 82.7 Å². The van der Waals surface area contributed by atoms with E-state index in [2.05, 4.69) is 26.6 Å². The highest BCUT2D eigenvalue weighted by Gasteiger charge is 2.02. The van der Waals surface area contributed by atoms with E-state index in [1.54, 1.807) is 18.2 Å². The van der Waals surface area contributed by atoms with Gasteiger partial charge in [-0.2, -0.15) is 0 Å². The summed E-state index contributed by atoms with van der Waals surface area (Å²) in [7, 11) is 0. The van der Waals surface area contributed by atoms with Crippen molar-refractivity contribution in [2.24, 2.45) is 0 Å². The largest absolute Gasteiger partial charge is 0.457 e. The summed E-state index contributed by atoms with van der Waals surface area (Å²) in [4.78, 5) is 0. The third-order valence-electron chi connectivity index (χ3n) is 6.76. The SMILES string of the molecule is Brc1ccccc1.Nc1ccc(Oc2cccc(N)c2)cc1.c1ccc(Nc2ccc(Oc3cccc(Nc4ccccc4)c3)cc2)cc1. The second-order valence-electron chi connectivity index (χ2n) is 10.7. The third kappa shape index (κ3) is 12.2. The number of hydrogen-bond acceptors (Lipinski definition) is 6. The van der Waals surface area contributed by atoms with Crippen LogP contribution in [-0.4, -0.2) is 0 Å². The second kappa shape index (κ2) is 18.2. The molecule has 0 saturated carbocycles. The number of halogens is 1. The molecule has 0 aromatic heterocycles. The molecule has 0 bridgehead atoms. The Bertz CT molecular complexity index is 1970. The van der Waals surface area contributed by atoms with E-state index < -0.39 is 0 Å². The normalized spacial score (nSPS) is 9.90. The maximum atomic E-state index is 5.99. The molecule has 7 aromatic rings. The van der Waals surface area contributed by atoms with Gasteiger partial charge in [-0.15, -0.1) is 0 Å². The number of hydrogen-bond donors (Lipinski definition) is 4. The minimum absolute atomic E-state index is 0.683. The molecule has 0 aliphatic heterocycles. The van der Waals surface area contributed by atoms with Crippen molar-refractivity contribution >= 4 is 50.1 Å². The highest BCUT2D eigenvalue weighted by Crippen LogP contribution is 2.28. The highest BCUT2D eigenvalue weighted by molar-refractivity contribution is 9.10. The maximum Gasteiger partial charge on any atom is 0.129 e. The van der Waals surface area contributed by atoms with Crippen LogP contribution in [0.2, 0.25) is 0 Å². The molecule has 0 atom stereocenters. The molecule has 0 radical (unpaired) electrons. The van der Waals surface area contributed by atoms with Gasteiger partial charge in [0.25, 0.3) is 0 Å². The molecule has 0 aliphatic carbocycles. The molecule has 6 nitrogen and oxygen atoms in total. The lowest BCUT2D eigenvalue weighted by molar-refractivity contribution is 0.483. The summed E-state index contributed by atoms with van der Waals surface area (Å²) in [6.07, 6.45) is 0. The minimum atomic E-state index is 0.683. The van der Waals surface area contributed by atoms with Crippen LogP contribution in [-0.2, 0) is 0 Å². The number of anilines is 6. The molecule has 7 rings (SSSR count). The summed E-state index contributed by atoms with van der Waals surface area (Å²) >= 11 is 3.31. The van der Waals surface area contributed by atoms with E-state index in [0.29, 0.717) is 5.69 Å². The summed E-state index contributed by atoms with van der Waals surface area (Å²) < 4.78 is 12.7. The standard InChI is InChI=1S/C24H20N2O.C12H12N2O.C6H5Br/c1-3-8-19(9-4-1)25-21-14-16-23(17-15-21)27-24-13-7-12-22(18-24)26-20-10-5-2-6-11-20;13-9-4-6-11(7-5-9)15-12-3-1-2-10(14)8-12;7-6-4-2-1-3-5-6/h1-18,25-26H;1-8H,13-14H2;1-5H. The van der Waals surface area contributed by atoms with E-state index in [-0.39, 0.29) is 0 Å². The van der Waals surface area contributed by atoms with E-state index >= 15 is 0 Å². The number of ether oxygens (including phenoxy) is 2. The number of nitrogens with two attached hydrogens (primary N) is 2. The Labute approximate surface area is 296 Å². The van der Waals surface area contributed by atoms with Crippen LogP contribution >= 0.6 is 15.9 Å². The Balaban J connectivity index is 0.000000177. The van der Waals surface area contributed by atoms with Crippen LogP contribution < -0.4 is 31.6 Å². The van der Waals surface area contributed by atoms with Gasteiger partial charge < -0.3 is 31.6 Å². The minimum Gasteiger partial charge on any atom is -0.457 e. The van der Waals surface area contributed by atoms with Gasteiger partial charge in [0.2, 0.25) is 0 Å². The van der Waals surface area contributed by atoms with Gasteiger partial charge in [-0.3, -0.25) is 0 Å². The van der Waals surface area contributed by atoms with Crippen LogP contribution in [0.3, 0.4) is 0 Å². The first kappa shape index (κ1) is 34.2. The van der Waals surface area contributed by atoms with Crippen molar-refractivity contribution in [3.05, 3.63) is 193 Å². The van der Waals surface area contributed by atoms with Crippen molar-refractivity contribution in [3.63, 3.8) is 0 Å². The molecule has 0 saturated heterocycles. The first-order valence-corrected chi connectivity index (χ1v) is 16.4. The fraction of sp³-hybridized carbons (Fsp3) is 0. The van der Waals surface area contributed by atoms with Crippen LogP contribution in [0, 0.1) is 0 Å². The fourth-order valence-corrected chi connectivity index (χ4v) is 4.73. The topological polar surface area (TPSA) is 94.6 Å². The maximum absolute atomic E-state index is 5.99. The van der Waals surface area contributed by atoms with Gasteiger partial charge in [0.15, 0.2) is 0 Å². The van der Waals surface area contributed by atoms with Gasteiger partial charge in [-0.05, 0) is 109 Å². The predicted molar refractivity (Wildman–Crippen MR) is 208 cm³/mol. The molecule has 244 valence electrons. The van der Waals surface area contributed by atoms with Crippen LogP contribution in [0.25, 0.3) is 0 Å². The van der Waals surface area contributed by atoms with Crippen molar-refractivity contribution in [2.75, 3.05) is 22.1 Å². The van der Waals surface area contributed by atoms with E-state index in [1.807, 2.05) is 170 Å². The van der Waals surface area contributed by atoms with Crippen molar-refractivity contribution in [1.82, 2.24) is 0 Å². The molecule has 0 fully saturated rings. The lowest BCUT2D eigenvalue weighted by Crippen LogP contribution is -1.92. The summed E-state index contributed by atoms with van der Waals surface area (Å²) in [6, 6.07) is 60.5. The molecule has 0 unspecified atom stereocenters. The molecule has 49 heavy (non-hydrogen) atoms. The highest BCUT2D eigenvalue weighted by atomic mass is 79.9. The smallest absolute Gasteiger partial charge is 0.129 e. The van der Waals surface area contributed by atoms with Crippen LogP contribution in [0.4, 0.5) is 34.1 Å². The Morgan fingerprint density at radius 2 is 0.776 bits per heavy atom. The quantitative estimate of drug-likeness (QED) is 0.117. The van der Waals surface area contributed by atoms with E-state index in [9.17, 15) is 0 Å². The Kier molecular flexibility index (Phi) is 12.7. The van der Waals surface area contributed by atoms with E-state index in [1.165, 1.54) is 0 Å². The molecule has 7 aromatic carbocycles. The average molecular weight is 710 g/mol. The summed E-state index contributed by atoms with van der Waals surface area (Å²) in [5, 5.41) is 6.74. The summed E-state index contributed by atoms with van der Waals surface area (Å²) in [5.74, 6) is 3.06. The van der Waals surface area contributed by atoms with E-state index in [0.717, 1.165) is 55.9 Å². The monoisotopic (exact) mass is 708 g/mol. The zero-order valence-electron chi connectivity index (χ0n) is 26.7. The first-order chi connectivity index (χ1) is 24.0. The molecule has 7 heteroatoms. The summed E-state index contributed by atoms with van der Waals surface area (Å²) in [6.45, 7) is 0. The van der Waals surface area contributed by atoms with Crippen molar-refractivity contribution in [2.45, 2.75) is 0 Å². The number of nitrogens with one attached hydrogen (secondary N) is 2. The Hall–Kier alpha value is -6.18. The van der Waals surface area contributed by atoms with Gasteiger partial charge in [0, 0.05) is 50.7 Å². The molecule has 0 aliphatic rings. The zero-order chi connectivity index (χ0) is 34.1. The molecular weight excluding hydrogens is 672 g/mol. The Morgan fingerprint density at radius 3 is 1.29 bits per heavy atom. The van der Waals surface area contributed by atoms with Gasteiger partial charge >= 0.3 is 0 Å². The van der Waals surface area contributed by atoms with Crippen LogP contribution in [0.15, 0.2) is 193 Å². The number of benzene rings is 7. The fourth-order valence-electron chi connectivity index (χ4n) is 4.42. The van der Waals surface area contributed by atoms with Gasteiger partial charge in [0.1, 0.15) is 23.0 Å². The van der Waals surface area contributed by atoms with Crippen LogP contribution in [0.1, 0.15) is 0 Å². The van der Waals surface area contributed by atoms with Crippen molar-refractivity contribution in [3.8, 4) is 23.0 Å². The molecular formula is C42H37BrN4O2. The lowest BCUT2D eigenvalue weighted by Gasteiger charge is -2.11. The first-order valence-electron chi connectivity index (χ1n) is 15.6. The average Bonchev–Trinajstić information content (AvgIpc) is 3.12. The van der Waals surface area contributed by atoms with Crippen LogP contribution in [0.5, 0.6) is 23.0 Å². The third-order valence-corrected chi connectivity index (χ3v) is 7.28. The second-order valence-corrected chi connectivity index (χ2v) is 11.6. The predicted octanol–water partition coefficient (Wildman–Crippen LogP) is 12.1. The molecule has 0 amide bonds. The lowest BCUT2D eigenvalue weighted by atomic mass is 10.2. The van der Waals surface area contributed by atoms with Gasteiger partial charge in [-0.25, -0.2) is 0 Å². The number of nitrogen functional groups attached to an aromatic ring is 2. The number of rotatable bonds is 8. The zero-order valence-corrected chi connectivity index (χ0v) is 28.3. The van der Waals surface area contributed by atoms with Crippen molar-refractivity contribution in [1.29, 1.82) is 0 Å². The number of para-hydroxylation sites is 2. The molecule has 0 heterocycles. The van der Waals surface area contributed by atoms with Gasteiger partial charge in [0.05, 0.1) is 0 Å². The van der Waals surface area contributed by atoms with E-state index in [4.69, 9.17) is 20.9 Å². The van der Waals surface area contributed by atoms with Crippen molar-refractivity contribution < 1.29 is 9.47 Å². The molecule has 0 spiro atoms. The Morgan fingerprint density at radius 1 is 0.347 bits per heavy atom.